The fourth-order valence-corrected chi connectivity index (χ4v) is 2.05. The van der Waals surface area contributed by atoms with Gasteiger partial charge in [0.25, 0.3) is 0 Å². The number of hydrogen-bond acceptors (Lipinski definition) is 2. The molecular formula is C13H19NO3. The molecule has 0 heterocycles. The number of aliphatic carboxylic acids is 1. The third kappa shape index (κ3) is 4.85. The molecule has 2 unspecified atom stereocenters. The van der Waals surface area contributed by atoms with Crippen molar-refractivity contribution in [3.63, 3.8) is 0 Å². The first kappa shape index (κ1) is 13.5. The Kier molecular flexibility index (Phi) is 5.46. The van der Waals surface area contributed by atoms with Crippen molar-refractivity contribution in [1.29, 1.82) is 0 Å². The maximum Gasteiger partial charge on any atom is 0.306 e. The summed E-state index contributed by atoms with van der Waals surface area (Å²) in [5.74, 6) is -1.22. The smallest absolute Gasteiger partial charge is 0.306 e. The molecule has 1 amide bonds. The lowest BCUT2D eigenvalue weighted by molar-refractivity contribution is -0.143. The van der Waals surface area contributed by atoms with E-state index in [-0.39, 0.29) is 17.9 Å². The lowest BCUT2D eigenvalue weighted by Gasteiger charge is -2.26. The molecule has 4 nitrogen and oxygen atoms in total. The fourth-order valence-electron chi connectivity index (χ4n) is 2.05. The normalized spacial score (nSPS) is 25.2. The van der Waals surface area contributed by atoms with E-state index in [1.54, 1.807) is 12.2 Å². The van der Waals surface area contributed by atoms with Gasteiger partial charge < -0.3 is 10.4 Å². The summed E-state index contributed by atoms with van der Waals surface area (Å²) in [6.45, 7) is 1.88. The predicted octanol–water partition coefficient (Wildman–Crippen LogP) is 1.88. The van der Waals surface area contributed by atoms with Crippen molar-refractivity contribution in [2.24, 2.45) is 5.92 Å². The summed E-state index contributed by atoms with van der Waals surface area (Å²) in [6.07, 6.45) is 9.74. The molecule has 1 aliphatic rings. The molecule has 0 bridgehead atoms. The monoisotopic (exact) mass is 237 g/mol. The Balaban J connectivity index is 2.40. The average Bonchev–Trinajstić information content (AvgIpc) is 2.29. The first-order valence-electron chi connectivity index (χ1n) is 5.96. The van der Waals surface area contributed by atoms with Crippen LogP contribution in [0.1, 0.15) is 32.6 Å². The summed E-state index contributed by atoms with van der Waals surface area (Å²) in [4.78, 5) is 22.3. The highest BCUT2D eigenvalue weighted by Gasteiger charge is 2.27. The van der Waals surface area contributed by atoms with Crippen molar-refractivity contribution in [3.05, 3.63) is 24.3 Å². The van der Waals surface area contributed by atoms with E-state index in [9.17, 15) is 9.59 Å². The van der Waals surface area contributed by atoms with Crippen LogP contribution in [0.5, 0.6) is 0 Å². The second-order valence-electron chi connectivity index (χ2n) is 4.29. The number of rotatable bonds is 4. The van der Waals surface area contributed by atoms with Gasteiger partial charge in [-0.3, -0.25) is 9.59 Å². The Bertz CT molecular complexity index is 334. The molecule has 0 spiro atoms. The summed E-state index contributed by atoms with van der Waals surface area (Å²) < 4.78 is 0. The number of allylic oxidation sites excluding steroid dienone is 3. The van der Waals surface area contributed by atoms with Crippen LogP contribution in [0.25, 0.3) is 0 Å². The van der Waals surface area contributed by atoms with Gasteiger partial charge in [-0.2, -0.15) is 0 Å². The second-order valence-corrected chi connectivity index (χ2v) is 4.29. The molecule has 1 rings (SSSR count). The van der Waals surface area contributed by atoms with E-state index in [0.717, 1.165) is 19.3 Å². The van der Waals surface area contributed by atoms with Crippen LogP contribution in [0, 0.1) is 5.92 Å². The minimum Gasteiger partial charge on any atom is -0.481 e. The van der Waals surface area contributed by atoms with Crippen molar-refractivity contribution in [1.82, 2.24) is 5.32 Å². The van der Waals surface area contributed by atoms with Crippen LogP contribution in [0.15, 0.2) is 24.3 Å². The van der Waals surface area contributed by atoms with Gasteiger partial charge in [0.05, 0.1) is 5.92 Å². The first-order chi connectivity index (χ1) is 8.13. The van der Waals surface area contributed by atoms with Crippen molar-refractivity contribution in [3.8, 4) is 0 Å². The molecule has 2 N–H and O–H groups in total. The van der Waals surface area contributed by atoms with Gasteiger partial charge in [0.1, 0.15) is 0 Å². The lowest BCUT2D eigenvalue weighted by Crippen LogP contribution is -2.39. The maximum absolute atomic E-state index is 11.5. The molecule has 4 heteroatoms. The van der Waals surface area contributed by atoms with E-state index in [2.05, 4.69) is 5.32 Å². The second kappa shape index (κ2) is 6.89. The molecule has 0 radical (unpaired) electrons. The van der Waals surface area contributed by atoms with Crippen molar-refractivity contribution in [2.75, 3.05) is 0 Å². The maximum atomic E-state index is 11.5. The van der Waals surface area contributed by atoms with Gasteiger partial charge in [0.2, 0.25) is 5.91 Å². The Morgan fingerprint density at radius 3 is 2.71 bits per heavy atom. The van der Waals surface area contributed by atoms with Crippen LogP contribution in [0.2, 0.25) is 0 Å². The van der Waals surface area contributed by atoms with Gasteiger partial charge in [-0.1, -0.05) is 24.6 Å². The minimum atomic E-state index is -0.756. The fraction of sp³-hybridized carbons (Fsp3) is 0.538. The summed E-state index contributed by atoms with van der Waals surface area (Å²) in [5.41, 5.74) is 0. The number of carboxylic acids is 1. The van der Waals surface area contributed by atoms with Crippen LogP contribution in [0.3, 0.4) is 0 Å². The largest absolute Gasteiger partial charge is 0.481 e. The highest BCUT2D eigenvalue weighted by Crippen LogP contribution is 2.24. The Labute approximate surface area is 101 Å². The summed E-state index contributed by atoms with van der Waals surface area (Å²) in [5, 5.41) is 11.8. The number of carbonyl (C=O) groups excluding carboxylic acids is 1. The summed E-state index contributed by atoms with van der Waals surface area (Å²) >= 11 is 0. The van der Waals surface area contributed by atoms with E-state index in [1.165, 1.54) is 6.08 Å². The van der Waals surface area contributed by atoms with Crippen molar-refractivity contribution in [2.45, 2.75) is 38.6 Å². The van der Waals surface area contributed by atoms with Gasteiger partial charge in [-0.15, -0.1) is 0 Å². The molecule has 1 saturated carbocycles. The molecule has 0 aromatic carbocycles. The quantitative estimate of drug-likeness (QED) is 0.579. The van der Waals surface area contributed by atoms with Crippen molar-refractivity contribution < 1.29 is 14.7 Å². The van der Waals surface area contributed by atoms with Crippen LogP contribution < -0.4 is 5.32 Å². The van der Waals surface area contributed by atoms with Crippen LogP contribution in [-0.4, -0.2) is 23.0 Å². The molecule has 1 fully saturated rings. The number of carboxylic acid groups (broad SMARTS) is 1. The van der Waals surface area contributed by atoms with Gasteiger partial charge in [-0.05, 0) is 26.2 Å². The zero-order chi connectivity index (χ0) is 12.7. The highest BCUT2D eigenvalue weighted by molar-refractivity contribution is 5.88. The topological polar surface area (TPSA) is 66.4 Å². The van der Waals surface area contributed by atoms with Crippen molar-refractivity contribution >= 4 is 11.9 Å². The molecular weight excluding hydrogens is 218 g/mol. The molecule has 0 aromatic rings. The zero-order valence-electron chi connectivity index (χ0n) is 10.1. The van der Waals surface area contributed by atoms with E-state index >= 15 is 0 Å². The Hall–Kier alpha value is -1.58. The van der Waals surface area contributed by atoms with Crippen LogP contribution >= 0.6 is 0 Å². The summed E-state index contributed by atoms with van der Waals surface area (Å²) in [7, 11) is 0. The zero-order valence-corrected chi connectivity index (χ0v) is 10.1. The molecule has 0 aliphatic heterocycles. The third-order valence-corrected chi connectivity index (χ3v) is 2.92. The number of hydrogen-bond donors (Lipinski definition) is 2. The van der Waals surface area contributed by atoms with E-state index in [0.29, 0.717) is 6.42 Å². The van der Waals surface area contributed by atoms with Crippen LogP contribution in [-0.2, 0) is 9.59 Å². The molecule has 0 aromatic heterocycles. The van der Waals surface area contributed by atoms with E-state index < -0.39 is 5.97 Å². The van der Waals surface area contributed by atoms with Gasteiger partial charge >= 0.3 is 5.97 Å². The predicted molar refractivity (Wildman–Crippen MR) is 65.5 cm³/mol. The highest BCUT2D eigenvalue weighted by atomic mass is 16.4. The van der Waals surface area contributed by atoms with E-state index in [1.807, 2.05) is 13.0 Å². The molecule has 17 heavy (non-hydrogen) atoms. The average molecular weight is 237 g/mol. The molecule has 2 atom stereocenters. The minimum absolute atomic E-state index is 0.00685. The summed E-state index contributed by atoms with van der Waals surface area (Å²) in [6, 6.07) is -0.00685. The Morgan fingerprint density at radius 1 is 1.29 bits per heavy atom. The molecule has 94 valence electrons. The van der Waals surface area contributed by atoms with E-state index in [4.69, 9.17) is 5.11 Å². The number of amides is 1. The van der Waals surface area contributed by atoms with Gasteiger partial charge in [0, 0.05) is 12.1 Å². The van der Waals surface area contributed by atoms with Gasteiger partial charge in [-0.25, -0.2) is 0 Å². The standard InChI is InChI=1S/C13H19NO3/c1-2-3-4-8-12(15)14-11-7-5-6-10(9-11)13(16)17/h2-4,8,10-11H,5-7,9H2,1H3,(H,14,15)(H,16,17)/b3-2+,8-4+. The number of nitrogens with one attached hydrogen (secondary N) is 1. The SMILES string of the molecule is C/C=C/C=C/C(=O)NC1CCCC(C(=O)O)C1. The third-order valence-electron chi connectivity index (χ3n) is 2.92. The molecule has 1 aliphatic carbocycles. The van der Waals surface area contributed by atoms with Gasteiger partial charge in [0.15, 0.2) is 0 Å². The number of carbonyl (C=O) groups is 2. The lowest BCUT2D eigenvalue weighted by atomic mass is 9.86. The Morgan fingerprint density at radius 2 is 2.06 bits per heavy atom. The first-order valence-corrected chi connectivity index (χ1v) is 5.96. The molecule has 0 saturated heterocycles. The van der Waals surface area contributed by atoms with Crippen LogP contribution in [0.4, 0.5) is 0 Å².